The summed E-state index contributed by atoms with van der Waals surface area (Å²) in [5.74, 6) is 1.16. The molecule has 0 spiro atoms. The molecule has 1 aromatic carbocycles. The molecule has 0 amide bonds. The summed E-state index contributed by atoms with van der Waals surface area (Å²) < 4.78 is 41.0. The molecular formula is C17H27F3IN3O. The third-order valence-corrected chi connectivity index (χ3v) is 3.57. The van der Waals surface area contributed by atoms with Crippen molar-refractivity contribution >= 4 is 29.9 Å². The maximum absolute atomic E-state index is 12.1. The van der Waals surface area contributed by atoms with E-state index in [1.54, 1.807) is 19.2 Å². The van der Waals surface area contributed by atoms with Gasteiger partial charge in [0.15, 0.2) is 5.96 Å². The quantitative estimate of drug-likeness (QED) is 0.356. The number of alkyl halides is 3. The zero-order chi connectivity index (χ0) is 18.2. The molecule has 0 heterocycles. The van der Waals surface area contributed by atoms with Crippen LogP contribution < -0.4 is 10.6 Å². The number of hydrogen-bond acceptors (Lipinski definition) is 2. The number of guanidine groups is 1. The molecule has 1 aromatic rings. The van der Waals surface area contributed by atoms with Crippen LogP contribution >= 0.6 is 24.0 Å². The molecule has 144 valence electrons. The molecule has 0 bridgehead atoms. The van der Waals surface area contributed by atoms with Gasteiger partial charge in [0.2, 0.25) is 0 Å². The Labute approximate surface area is 164 Å². The molecule has 0 aliphatic rings. The van der Waals surface area contributed by atoms with E-state index < -0.39 is 12.8 Å². The van der Waals surface area contributed by atoms with Crippen molar-refractivity contribution in [3.8, 4) is 0 Å². The molecule has 0 aliphatic heterocycles. The van der Waals surface area contributed by atoms with Crippen LogP contribution in [0.4, 0.5) is 13.2 Å². The van der Waals surface area contributed by atoms with Gasteiger partial charge in [-0.25, -0.2) is 0 Å². The van der Waals surface area contributed by atoms with Crippen molar-refractivity contribution in [2.24, 2.45) is 10.9 Å². The summed E-state index contributed by atoms with van der Waals surface area (Å²) in [6.45, 7) is 5.54. The van der Waals surface area contributed by atoms with Gasteiger partial charge >= 0.3 is 6.18 Å². The fourth-order valence-corrected chi connectivity index (χ4v) is 1.88. The lowest BCUT2D eigenvalue weighted by atomic mass is 10.1. The first kappa shape index (κ1) is 24.0. The standard InChI is InChI=1S/C17H26F3N3O.HI/c1-12(2)13(3)23-16(21-4)22-9-14-6-5-7-15(8-14)10-24-11-17(18,19)20;/h5-8,12-13H,9-11H2,1-4H3,(H2,21,22,23);1H. The smallest absolute Gasteiger partial charge is 0.367 e. The Morgan fingerprint density at radius 3 is 2.40 bits per heavy atom. The van der Waals surface area contributed by atoms with Crippen LogP contribution in [0.3, 0.4) is 0 Å². The summed E-state index contributed by atoms with van der Waals surface area (Å²) in [5.41, 5.74) is 1.65. The van der Waals surface area contributed by atoms with E-state index >= 15 is 0 Å². The third-order valence-electron chi connectivity index (χ3n) is 3.57. The van der Waals surface area contributed by atoms with Crippen molar-refractivity contribution in [1.82, 2.24) is 10.6 Å². The van der Waals surface area contributed by atoms with Crippen LogP contribution in [0.1, 0.15) is 31.9 Å². The van der Waals surface area contributed by atoms with Crippen LogP contribution in [0.5, 0.6) is 0 Å². The predicted octanol–water partition coefficient (Wildman–Crippen LogP) is 4.09. The summed E-state index contributed by atoms with van der Waals surface area (Å²) in [6, 6.07) is 7.55. The molecule has 0 saturated carbocycles. The highest BCUT2D eigenvalue weighted by Crippen LogP contribution is 2.16. The van der Waals surface area contributed by atoms with Gasteiger partial charge in [-0.2, -0.15) is 13.2 Å². The van der Waals surface area contributed by atoms with Gasteiger partial charge in [-0.05, 0) is 24.0 Å². The van der Waals surface area contributed by atoms with Gasteiger partial charge in [0, 0.05) is 19.6 Å². The highest BCUT2D eigenvalue weighted by molar-refractivity contribution is 14.0. The average molecular weight is 473 g/mol. The van der Waals surface area contributed by atoms with Crippen molar-refractivity contribution in [2.75, 3.05) is 13.7 Å². The van der Waals surface area contributed by atoms with Gasteiger partial charge in [0.1, 0.15) is 6.61 Å². The molecule has 1 rings (SSSR count). The minimum Gasteiger partial charge on any atom is -0.367 e. The molecule has 0 saturated heterocycles. The molecule has 8 heteroatoms. The van der Waals surface area contributed by atoms with Gasteiger partial charge in [-0.15, -0.1) is 24.0 Å². The summed E-state index contributed by atoms with van der Waals surface area (Å²) >= 11 is 0. The van der Waals surface area contributed by atoms with Gasteiger partial charge in [0.25, 0.3) is 0 Å². The van der Waals surface area contributed by atoms with Crippen molar-refractivity contribution in [1.29, 1.82) is 0 Å². The molecule has 1 atom stereocenters. The van der Waals surface area contributed by atoms with Crippen LogP contribution in [0, 0.1) is 5.92 Å². The molecule has 4 nitrogen and oxygen atoms in total. The number of hydrogen-bond donors (Lipinski definition) is 2. The molecule has 25 heavy (non-hydrogen) atoms. The second kappa shape index (κ2) is 11.6. The number of halogens is 4. The summed E-state index contributed by atoms with van der Waals surface area (Å²) in [6.07, 6.45) is -4.30. The van der Waals surface area contributed by atoms with E-state index in [4.69, 9.17) is 0 Å². The van der Waals surface area contributed by atoms with Gasteiger partial charge < -0.3 is 15.4 Å². The molecule has 0 aliphatic carbocycles. The van der Waals surface area contributed by atoms with E-state index in [1.165, 1.54) is 0 Å². The SMILES string of the molecule is CN=C(NCc1cccc(COCC(F)(F)F)c1)NC(C)C(C)C.I. The third kappa shape index (κ3) is 10.5. The lowest BCUT2D eigenvalue weighted by molar-refractivity contribution is -0.176. The van der Waals surface area contributed by atoms with Crippen LogP contribution in [0.2, 0.25) is 0 Å². The number of rotatable bonds is 7. The number of nitrogens with zero attached hydrogens (tertiary/aromatic N) is 1. The van der Waals surface area contributed by atoms with E-state index in [9.17, 15) is 13.2 Å². The zero-order valence-corrected chi connectivity index (χ0v) is 17.3. The highest BCUT2D eigenvalue weighted by atomic mass is 127. The zero-order valence-electron chi connectivity index (χ0n) is 15.0. The number of aliphatic imine (C=N–C) groups is 1. The van der Waals surface area contributed by atoms with E-state index in [-0.39, 0.29) is 36.6 Å². The first-order valence-electron chi connectivity index (χ1n) is 7.90. The van der Waals surface area contributed by atoms with E-state index in [0.29, 0.717) is 24.0 Å². The second-order valence-electron chi connectivity index (χ2n) is 6.03. The normalized spacial score (nSPS) is 13.4. The number of benzene rings is 1. The Kier molecular flexibility index (Phi) is 11.1. The molecule has 0 fully saturated rings. The lowest BCUT2D eigenvalue weighted by Gasteiger charge is -2.20. The Bertz CT molecular complexity index is 536. The molecule has 0 radical (unpaired) electrons. The van der Waals surface area contributed by atoms with E-state index in [2.05, 4.69) is 41.1 Å². The largest absolute Gasteiger partial charge is 0.411 e. The van der Waals surface area contributed by atoms with Crippen molar-refractivity contribution in [3.63, 3.8) is 0 Å². The Hall–Kier alpha value is -1.03. The fourth-order valence-electron chi connectivity index (χ4n) is 1.88. The molecule has 0 aromatic heterocycles. The minimum absolute atomic E-state index is 0. The Morgan fingerprint density at radius 1 is 1.20 bits per heavy atom. The fraction of sp³-hybridized carbons (Fsp3) is 0.588. The monoisotopic (exact) mass is 473 g/mol. The summed E-state index contributed by atoms with van der Waals surface area (Å²) in [5, 5.41) is 6.49. The highest BCUT2D eigenvalue weighted by Gasteiger charge is 2.27. The van der Waals surface area contributed by atoms with Crippen molar-refractivity contribution < 1.29 is 17.9 Å². The minimum atomic E-state index is -4.30. The molecule has 1 unspecified atom stereocenters. The molecule has 2 N–H and O–H groups in total. The maximum atomic E-state index is 12.1. The van der Waals surface area contributed by atoms with E-state index in [1.807, 2.05) is 12.1 Å². The van der Waals surface area contributed by atoms with Crippen LogP contribution in [0.25, 0.3) is 0 Å². The van der Waals surface area contributed by atoms with Crippen molar-refractivity contribution in [2.45, 2.75) is 46.1 Å². The van der Waals surface area contributed by atoms with Gasteiger partial charge in [-0.1, -0.05) is 38.1 Å². The van der Waals surface area contributed by atoms with Gasteiger partial charge in [0.05, 0.1) is 6.61 Å². The average Bonchev–Trinajstić information content (AvgIpc) is 2.50. The van der Waals surface area contributed by atoms with E-state index in [0.717, 1.165) is 5.56 Å². The van der Waals surface area contributed by atoms with Crippen LogP contribution in [-0.4, -0.2) is 31.8 Å². The van der Waals surface area contributed by atoms with Crippen molar-refractivity contribution in [3.05, 3.63) is 35.4 Å². The second-order valence-corrected chi connectivity index (χ2v) is 6.03. The van der Waals surface area contributed by atoms with Gasteiger partial charge in [-0.3, -0.25) is 4.99 Å². The maximum Gasteiger partial charge on any atom is 0.411 e. The number of ether oxygens (including phenoxy) is 1. The summed E-state index contributed by atoms with van der Waals surface area (Å²) in [7, 11) is 1.70. The first-order chi connectivity index (χ1) is 11.2. The topological polar surface area (TPSA) is 45.7 Å². The lowest BCUT2D eigenvalue weighted by Crippen LogP contribution is -2.43. The van der Waals surface area contributed by atoms with Crippen LogP contribution in [-0.2, 0) is 17.9 Å². The Balaban J connectivity index is 0.00000576. The number of nitrogens with one attached hydrogen (secondary N) is 2. The van der Waals surface area contributed by atoms with Crippen LogP contribution in [0.15, 0.2) is 29.3 Å². The predicted molar refractivity (Wildman–Crippen MR) is 105 cm³/mol. The Morgan fingerprint density at radius 2 is 1.84 bits per heavy atom. The first-order valence-corrected chi connectivity index (χ1v) is 7.90. The molecular weight excluding hydrogens is 446 g/mol. The summed E-state index contributed by atoms with van der Waals surface area (Å²) in [4.78, 5) is 4.17.